The van der Waals surface area contributed by atoms with Gasteiger partial charge < -0.3 is 9.47 Å². The average Bonchev–Trinajstić information content (AvgIpc) is 2.79. The molecular formula is C25H44O6S. The molecule has 0 aromatic carbocycles. The number of carbonyl (C=O) groups excluding carboxylic acids is 1. The third kappa shape index (κ3) is 7.98. The van der Waals surface area contributed by atoms with E-state index in [-0.39, 0.29) is 18.0 Å². The minimum atomic E-state index is -3.89. The minimum Gasteiger partial charge on any atom is -0.462 e. The van der Waals surface area contributed by atoms with Gasteiger partial charge in [-0.15, -0.1) is 0 Å². The zero-order chi connectivity index (χ0) is 23.0. The Bertz CT molecular complexity index is 654. The maximum absolute atomic E-state index is 12.7. The summed E-state index contributed by atoms with van der Waals surface area (Å²) in [4.78, 5) is 12.7. The SMILES string of the molecule is CCCCCCOC1CCC(C(=O)OC2CCC(C3CCC(S(=O)(=O)O)CC3)CC2)CC1. The van der Waals surface area contributed by atoms with Gasteiger partial charge in [0.05, 0.1) is 17.3 Å². The number of rotatable bonds is 10. The first-order chi connectivity index (χ1) is 15.4. The van der Waals surface area contributed by atoms with Crippen molar-refractivity contribution in [3.63, 3.8) is 0 Å². The highest BCUT2D eigenvalue weighted by Crippen LogP contribution is 2.40. The highest BCUT2D eigenvalue weighted by molar-refractivity contribution is 7.86. The van der Waals surface area contributed by atoms with Crippen molar-refractivity contribution < 1.29 is 27.2 Å². The Hall–Kier alpha value is -0.660. The van der Waals surface area contributed by atoms with Crippen LogP contribution < -0.4 is 0 Å². The number of carbonyl (C=O) groups is 1. The summed E-state index contributed by atoms with van der Waals surface area (Å²) in [6.45, 7) is 3.06. The van der Waals surface area contributed by atoms with Gasteiger partial charge in [0.1, 0.15) is 6.10 Å². The van der Waals surface area contributed by atoms with Crippen LogP contribution in [0.25, 0.3) is 0 Å². The summed E-state index contributed by atoms with van der Waals surface area (Å²) in [5.41, 5.74) is 0. The molecular weight excluding hydrogens is 428 g/mol. The second-order valence-corrected chi connectivity index (χ2v) is 12.1. The van der Waals surface area contributed by atoms with E-state index < -0.39 is 15.4 Å². The van der Waals surface area contributed by atoms with Gasteiger partial charge in [0.25, 0.3) is 10.1 Å². The average molecular weight is 473 g/mol. The first-order valence-electron chi connectivity index (χ1n) is 13.1. The molecule has 3 aliphatic rings. The van der Waals surface area contributed by atoms with E-state index in [1.165, 1.54) is 19.3 Å². The quantitative estimate of drug-likeness (QED) is 0.249. The normalized spacial score (nSPS) is 34.2. The molecule has 0 saturated heterocycles. The van der Waals surface area contributed by atoms with E-state index in [4.69, 9.17) is 9.47 Å². The van der Waals surface area contributed by atoms with Crippen LogP contribution in [-0.4, -0.2) is 43.0 Å². The first kappa shape index (κ1) is 26.0. The van der Waals surface area contributed by atoms with E-state index in [1.54, 1.807) is 0 Å². The number of ether oxygens (including phenoxy) is 2. The predicted octanol–water partition coefficient (Wildman–Crippen LogP) is 5.69. The maximum Gasteiger partial charge on any atom is 0.309 e. The number of esters is 1. The van der Waals surface area contributed by atoms with Crippen LogP contribution in [0, 0.1) is 17.8 Å². The molecule has 0 unspecified atom stereocenters. The Morgan fingerprint density at radius 3 is 1.91 bits per heavy atom. The first-order valence-corrected chi connectivity index (χ1v) is 14.7. The van der Waals surface area contributed by atoms with Gasteiger partial charge in [0.15, 0.2) is 0 Å². The van der Waals surface area contributed by atoms with Gasteiger partial charge in [-0.05, 0) is 95.3 Å². The molecule has 0 radical (unpaired) electrons. The Morgan fingerprint density at radius 1 is 0.781 bits per heavy atom. The van der Waals surface area contributed by atoms with E-state index in [2.05, 4.69) is 6.92 Å². The lowest BCUT2D eigenvalue weighted by atomic mass is 9.73. The van der Waals surface area contributed by atoms with Gasteiger partial charge in [-0.1, -0.05) is 26.2 Å². The predicted molar refractivity (Wildman–Crippen MR) is 125 cm³/mol. The van der Waals surface area contributed by atoms with Gasteiger partial charge in [-0.2, -0.15) is 8.42 Å². The monoisotopic (exact) mass is 472 g/mol. The molecule has 0 aromatic rings. The van der Waals surface area contributed by atoms with Crippen LogP contribution in [-0.2, 0) is 24.4 Å². The van der Waals surface area contributed by atoms with Crippen molar-refractivity contribution in [2.45, 2.75) is 127 Å². The van der Waals surface area contributed by atoms with E-state index in [1.807, 2.05) is 0 Å². The lowest BCUT2D eigenvalue weighted by Gasteiger charge is -2.37. The Balaban J connectivity index is 1.29. The molecule has 6 nitrogen and oxygen atoms in total. The number of hydrogen-bond donors (Lipinski definition) is 1. The summed E-state index contributed by atoms with van der Waals surface area (Å²) in [5.74, 6) is 1.16. The standard InChI is InChI=1S/C25H44O6S/c1-2-3-4-5-18-30-22-12-8-21(9-13-22)25(26)31-23-14-6-19(7-15-23)20-10-16-24(17-11-20)32(27,28)29/h19-24H,2-18H2,1H3,(H,27,28,29). The second kappa shape index (κ2) is 12.7. The summed E-state index contributed by atoms with van der Waals surface area (Å²) in [6, 6.07) is 0. The maximum atomic E-state index is 12.7. The van der Waals surface area contributed by atoms with Crippen LogP contribution in [0.1, 0.15) is 110 Å². The lowest BCUT2D eigenvalue weighted by molar-refractivity contribution is -0.158. The topological polar surface area (TPSA) is 89.9 Å². The second-order valence-electron chi connectivity index (χ2n) is 10.4. The zero-order valence-corrected chi connectivity index (χ0v) is 20.7. The zero-order valence-electron chi connectivity index (χ0n) is 19.9. The third-order valence-corrected chi connectivity index (χ3v) is 9.48. The van der Waals surface area contributed by atoms with E-state index >= 15 is 0 Å². The van der Waals surface area contributed by atoms with Crippen molar-refractivity contribution in [2.24, 2.45) is 17.8 Å². The fourth-order valence-corrected chi connectivity index (χ4v) is 6.91. The molecule has 32 heavy (non-hydrogen) atoms. The molecule has 3 saturated carbocycles. The molecule has 0 heterocycles. The molecule has 0 aliphatic heterocycles. The van der Waals surface area contributed by atoms with Crippen molar-refractivity contribution in [3.05, 3.63) is 0 Å². The van der Waals surface area contributed by atoms with Crippen molar-refractivity contribution in [1.29, 1.82) is 0 Å². The largest absolute Gasteiger partial charge is 0.462 e. The summed E-state index contributed by atoms with van der Waals surface area (Å²) >= 11 is 0. The Labute approximate surface area is 194 Å². The highest BCUT2D eigenvalue weighted by Gasteiger charge is 2.36. The molecule has 0 aromatic heterocycles. The van der Waals surface area contributed by atoms with Crippen molar-refractivity contribution in [1.82, 2.24) is 0 Å². The van der Waals surface area contributed by atoms with Gasteiger partial charge in [0.2, 0.25) is 0 Å². The minimum absolute atomic E-state index is 0.0106. The van der Waals surface area contributed by atoms with E-state index in [0.29, 0.717) is 30.8 Å². The number of hydrogen-bond acceptors (Lipinski definition) is 5. The van der Waals surface area contributed by atoms with Crippen LogP contribution in [0.5, 0.6) is 0 Å². The van der Waals surface area contributed by atoms with Gasteiger partial charge in [-0.25, -0.2) is 0 Å². The molecule has 3 rings (SSSR count). The smallest absolute Gasteiger partial charge is 0.309 e. The molecule has 3 fully saturated rings. The molecule has 7 heteroatoms. The Morgan fingerprint density at radius 2 is 1.34 bits per heavy atom. The van der Waals surface area contributed by atoms with Crippen LogP contribution in [0.15, 0.2) is 0 Å². The molecule has 3 aliphatic carbocycles. The molecule has 186 valence electrons. The molecule has 0 spiro atoms. The van der Waals surface area contributed by atoms with Crippen LogP contribution in [0.3, 0.4) is 0 Å². The fraction of sp³-hybridized carbons (Fsp3) is 0.960. The van der Waals surface area contributed by atoms with Gasteiger partial charge in [0, 0.05) is 6.61 Å². The molecule has 0 bridgehead atoms. The summed E-state index contributed by atoms with van der Waals surface area (Å²) < 4.78 is 43.9. The van der Waals surface area contributed by atoms with E-state index in [0.717, 1.165) is 77.2 Å². The molecule has 1 N–H and O–H groups in total. The summed E-state index contributed by atoms with van der Waals surface area (Å²) in [5, 5.41) is -0.572. The van der Waals surface area contributed by atoms with Crippen LogP contribution >= 0.6 is 0 Å². The van der Waals surface area contributed by atoms with Crippen molar-refractivity contribution >= 4 is 16.1 Å². The summed E-state index contributed by atoms with van der Waals surface area (Å²) in [6.07, 6.45) is 15.8. The molecule has 0 atom stereocenters. The summed E-state index contributed by atoms with van der Waals surface area (Å²) in [7, 11) is -3.89. The number of unbranched alkanes of at least 4 members (excludes halogenated alkanes) is 3. The van der Waals surface area contributed by atoms with Crippen LogP contribution in [0.2, 0.25) is 0 Å². The van der Waals surface area contributed by atoms with Crippen molar-refractivity contribution in [3.8, 4) is 0 Å². The van der Waals surface area contributed by atoms with E-state index in [9.17, 15) is 17.8 Å². The highest BCUT2D eigenvalue weighted by atomic mass is 32.2. The van der Waals surface area contributed by atoms with Crippen molar-refractivity contribution in [2.75, 3.05) is 6.61 Å². The lowest BCUT2D eigenvalue weighted by Crippen LogP contribution is -2.34. The van der Waals surface area contributed by atoms with Crippen LogP contribution in [0.4, 0.5) is 0 Å². The molecule has 0 amide bonds. The Kier molecular flexibility index (Phi) is 10.3. The van der Waals surface area contributed by atoms with Gasteiger partial charge in [-0.3, -0.25) is 9.35 Å². The third-order valence-electron chi connectivity index (χ3n) is 8.17. The van der Waals surface area contributed by atoms with Gasteiger partial charge >= 0.3 is 5.97 Å². The fourth-order valence-electron chi connectivity index (χ4n) is 6.04.